The Morgan fingerprint density at radius 3 is 2.70 bits per heavy atom. The Morgan fingerprint density at radius 1 is 1.20 bits per heavy atom. The Bertz CT molecular complexity index is 379. The summed E-state index contributed by atoms with van der Waals surface area (Å²) < 4.78 is 0. The Morgan fingerprint density at radius 2 is 2.00 bits per heavy atom. The lowest BCUT2D eigenvalue weighted by Gasteiger charge is -2.48. The van der Waals surface area contributed by atoms with Crippen LogP contribution < -0.4 is 0 Å². The molecule has 2 aliphatic heterocycles. The van der Waals surface area contributed by atoms with Crippen LogP contribution in [0.3, 0.4) is 0 Å². The van der Waals surface area contributed by atoms with Crippen molar-refractivity contribution < 1.29 is 4.79 Å². The second kappa shape index (κ2) is 5.42. The molecule has 3 atom stereocenters. The third-order valence-electron chi connectivity index (χ3n) is 5.93. The maximum atomic E-state index is 12.5. The Hall–Kier alpha value is -0.410. The fraction of sp³-hybridized carbons (Fsp3) is 0.941. The summed E-state index contributed by atoms with van der Waals surface area (Å²) in [5, 5.41) is 0. The fourth-order valence-electron chi connectivity index (χ4n) is 4.47. The summed E-state index contributed by atoms with van der Waals surface area (Å²) in [7, 11) is 0. The molecule has 0 aromatic carbocycles. The van der Waals surface area contributed by atoms with Gasteiger partial charge in [-0.3, -0.25) is 14.6 Å². The smallest absolute Gasteiger partial charge is 0.142 e. The van der Waals surface area contributed by atoms with Crippen LogP contribution in [0.15, 0.2) is 0 Å². The topological polar surface area (TPSA) is 23.6 Å². The van der Waals surface area contributed by atoms with Crippen LogP contribution in [0.4, 0.5) is 0 Å². The highest BCUT2D eigenvalue weighted by molar-refractivity contribution is 5.88. The number of hydrogen-bond acceptors (Lipinski definition) is 3. The molecule has 3 fully saturated rings. The lowest BCUT2D eigenvalue weighted by Crippen LogP contribution is -2.59. The number of carbonyl (C=O) groups is 1. The van der Waals surface area contributed by atoms with E-state index in [-0.39, 0.29) is 5.41 Å². The first-order chi connectivity index (χ1) is 9.47. The van der Waals surface area contributed by atoms with Gasteiger partial charge in [0.05, 0.1) is 0 Å². The first-order valence-corrected chi connectivity index (χ1v) is 8.50. The highest BCUT2D eigenvalue weighted by Gasteiger charge is 2.42. The lowest BCUT2D eigenvalue weighted by atomic mass is 9.88. The van der Waals surface area contributed by atoms with Crippen LogP contribution in [0.2, 0.25) is 0 Å². The molecule has 3 heteroatoms. The molecular weight excluding hydrogens is 248 g/mol. The van der Waals surface area contributed by atoms with Crippen LogP contribution >= 0.6 is 0 Å². The first-order valence-electron chi connectivity index (χ1n) is 8.50. The van der Waals surface area contributed by atoms with Crippen molar-refractivity contribution in [2.24, 2.45) is 11.3 Å². The standard InChI is InChI=1S/C17H30N2O/c1-13-10-18-9-5-4-6-15(18)12-19(13)11-14-7-8-17(2,3)16(14)20/h13-15H,4-12H2,1-3H3. The van der Waals surface area contributed by atoms with E-state index < -0.39 is 0 Å². The molecule has 0 amide bonds. The van der Waals surface area contributed by atoms with Crippen molar-refractivity contribution in [2.75, 3.05) is 26.2 Å². The molecule has 0 aromatic rings. The molecule has 1 aliphatic carbocycles. The maximum absolute atomic E-state index is 12.5. The quantitative estimate of drug-likeness (QED) is 0.775. The molecule has 2 heterocycles. The van der Waals surface area contributed by atoms with Crippen molar-refractivity contribution in [2.45, 2.75) is 65.0 Å². The molecule has 0 aromatic heterocycles. The number of piperazine rings is 1. The molecule has 3 rings (SSSR count). The van der Waals surface area contributed by atoms with E-state index in [1.807, 2.05) is 0 Å². The molecule has 0 radical (unpaired) electrons. The minimum Gasteiger partial charge on any atom is -0.299 e. The van der Waals surface area contributed by atoms with E-state index in [2.05, 4.69) is 30.6 Å². The van der Waals surface area contributed by atoms with Gasteiger partial charge in [0.15, 0.2) is 0 Å². The van der Waals surface area contributed by atoms with Crippen LogP contribution in [0.25, 0.3) is 0 Å². The minimum absolute atomic E-state index is 0.0689. The second-order valence-electron chi connectivity index (χ2n) is 7.93. The molecule has 1 saturated carbocycles. The summed E-state index contributed by atoms with van der Waals surface area (Å²) in [6, 6.07) is 1.37. The summed E-state index contributed by atoms with van der Waals surface area (Å²) in [6.07, 6.45) is 6.29. The zero-order valence-electron chi connectivity index (χ0n) is 13.4. The average Bonchev–Trinajstić information content (AvgIpc) is 2.67. The summed E-state index contributed by atoms with van der Waals surface area (Å²) in [5.41, 5.74) is -0.0689. The van der Waals surface area contributed by atoms with Crippen LogP contribution in [-0.4, -0.2) is 53.8 Å². The van der Waals surface area contributed by atoms with Crippen molar-refractivity contribution in [3.05, 3.63) is 0 Å². The highest BCUT2D eigenvalue weighted by atomic mass is 16.1. The monoisotopic (exact) mass is 278 g/mol. The van der Waals surface area contributed by atoms with Crippen molar-refractivity contribution in [1.29, 1.82) is 0 Å². The van der Waals surface area contributed by atoms with Gasteiger partial charge in [-0.05, 0) is 39.2 Å². The fourth-order valence-corrected chi connectivity index (χ4v) is 4.47. The zero-order valence-corrected chi connectivity index (χ0v) is 13.4. The number of rotatable bonds is 2. The van der Waals surface area contributed by atoms with Gasteiger partial charge < -0.3 is 0 Å². The third-order valence-corrected chi connectivity index (χ3v) is 5.93. The number of hydrogen-bond donors (Lipinski definition) is 0. The normalized spacial score (nSPS) is 39.0. The SMILES string of the molecule is CC1CN2CCCCC2CN1CC1CCC(C)(C)C1=O. The predicted octanol–water partition coefficient (Wildman–Crippen LogP) is 2.55. The largest absolute Gasteiger partial charge is 0.299 e. The van der Waals surface area contributed by atoms with E-state index in [0.29, 0.717) is 17.7 Å². The van der Waals surface area contributed by atoms with Gasteiger partial charge in [0.1, 0.15) is 5.78 Å². The summed E-state index contributed by atoms with van der Waals surface area (Å²) in [6.45, 7) is 11.3. The number of piperidine rings is 1. The molecule has 114 valence electrons. The van der Waals surface area contributed by atoms with Gasteiger partial charge in [-0.25, -0.2) is 0 Å². The minimum atomic E-state index is -0.0689. The van der Waals surface area contributed by atoms with Crippen molar-refractivity contribution in [3.63, 3.8) is 0 Å². The average molecular weight is 278 g/mol. The number of fused-ring (bicyclic) bond motifs is 1. The van der Waals surface area contributed by atoms with E-state index >= 15 is 0 Å². The molecule has 0 N–H and O–H groups in total. The first kappa shape index (κ1) is 14.5. The van der Waals surface area contributed by atoms with Crippen LogP contribution in [0.1, 0.15) is 52.9 Å². The van der Waals surface area contributed by atoms with Crippen molar-refractivity contribution in [1.82, 2.24) is 9.80 Å². The Labute approximate surface area is 123 Å². The van der Waals surface area contributed by atoms with E-state index in [4.69, 9.17) is 0 Å². The van der Waals surface area contributed by atoms with Gasteiger partial charge >= 0.3 is 0 Å². The van der Waals surface area contributed by atoms with Gasteiger partial charge in [-0.1, -0.05) is 20.3 Å². The Balaban J connectivity index is 1.61. The highest BCUT2D eigenvalue weighted by Crippen LogP contribution is 2.38. The van der Waals surface area contributed by atoms with Gasteiger partial charge in [0, 0.05) is 43.1 Å². The molecular formula is C17H30N2O. The molecule has 3 nitrogen and oxygen atoms in total. The van der Waals surface area contributed by atoms with Crippen LogP contribution in [0, 0.1) is 11.3 Å². The van der Waals surface area contributed by atoms with Crippen molar-refractivity contribution >= 4 is 5.78 Å². The maximum Gasteiger partial charge on any atom is 0.142 e. The molecule has 0 bridgehead atoms. The number of Topliss-reactive ketones (excluding diaryl/α,β-unsaturated/α-hetero) is 1. The molecule has 3 unspecified atom stereocenters. The molecule has 0 spiro atoms. The second-order valence-corrected chi connectivity index (χ2v) is 7.93. The van der Waals surface area contributed by atoms with Gasteiger partial charge in [-0.15, -0.1) is 0 Å². The summed E-state index contributed by atoms with van der Waals surface area (Å²) >= 11 is 0. The number of nitrogens with zero attached hydrogens (tertiary/aromatic N) is 2. The van der Waals surface area contributed by atoms with Crippen molar-refractivity contribution in [3.8, 4) is 0 Å². The zero-order chi connectivity index (χ0) is 14.3. The van der Waals surface area contributed by atoms with Crippen LogP contribution in [-0.2, 0) is 4.79 Å². The molecule has 20 heavy (non-hydrogen) atoms. The Kier molecular flexibility index (Phi) is 3.93. The number of carbonyl (C=O) groups excluding carboxylic acids is 1. The number of ketones is 1. The molecule has 2 saturated heterocycles. The molecule has 3 aliphatic rings. The van der Waals surface area contributed by atoms with E-state index in [1.165, 1.54) is 38.9 Å². The van der Waals surface area contributed by atoms with Gasteiger partial charge in [-0.2, -0.15) is 0 Å². The van der Waals surface area contributed by atoms with E-state index in [0.717, 1.165) is 25.4 Å². The van der Waals surface area contributed by atoms with Gasteiger partial charge in [0.2, 0.25) is 0 Å². The third kappa shape index (κ3) is 2.67. The van der Waals surface area contributed by atoms with Crippen LogP contribution in [0.5, 0.6) is 0 Å². The lowest BCUT2D eigenvalue weighted by molar-refractivity contribution is -0.128. The predicted molar refractivity (Wildman–Crippen MR) is 81.8 cm³/mol. The van der Waals surface area contributed by atoms with E-state index in [9.17, 15) is 4.79 Å². The summed E-state index contributed by atoms with van der Waals surface area (Å²) in [5.74, 6) is 0.804. The summed E-state index contributed by atoms with van der Waals surface area (Å²) in [4.78, 5) is 17.7. The van der Waals surface area contributed by atoms with Gasteiger partial charge in [0.25, 0.3) is 0 Å². The van der Waals surface area contributed by atoms with E-state index in [1.54, 1.807) is 0 Å².